The van der Waals surface area contributed by atoms with E-state index in [1.54, 1.807) is 12.4 Å². The van der Waals surface area contributed by atoms with E-state index in [0.29, 0.717) is 6.42 Å². The van der Waals surface area contributed by atoms with Crippen LogP contribution >= 0.6 is 0 Å². The van der Waals surface area contributed by atoms with E-state index in [4.69, 9.17) is 0 Å². The fourth-order valence-corrected chi connectivity index (χ4v) is 1.02. The van der Waals surface area contributed by atoms with Crippen molar-refractivity contribution < 1.29 is 4.79 Å². The summed E-state index contributed by atoms with van der Waals surface area (Å²) < 4.78 is 0. The second-order valence-electron chi connectivity index (χ2n) is 2.88. The maximum absolute atomic E-state index is 9.97. The van der Waals surface area contributed by atoms with Gasteiger partial charge in [0, 0.05) is 18.8 Å². The molecular weight excluding hydrogens is 186 g/mol. The molecule has 0 aliphatic rings. The summed E-state index contributed by atoms with van der Waals surface area (Å²) in [5.41, 5.74) is 1.08. The number of hydrogen-bond donors (Lipinski definition) is 0. The standard InChI is InChI=1S/C8H8O.C5H5N/c9-7-6-8-4-2-1-3-5-8;1-2-4-6-5-3-1/h1-5,7H,6H2;1-5H. The summed E-state index contributed by atoms with van der Waals surface area (Å²) in [4.78, 5) is 13.8. The summed E-state index contributed by atoms with van der Waals surface area (Å²) in [6.45, 7) is 0. The van der Waals surface area contributed by atoms with Crippen molar-refractivity contribution in [1.29, 1.82) is 0 Å². The molecule has 1 aromatic heterocycles. The largest absolute Gasteiger partial charge is 0.303 e. The summed E-state index contributed by atoms with van der Waals surface area (Å²) >= 11 is 0. The molecule has 2 rings (SSSR count). The van der Waals surface area contributed by atoms with E-state index in [9.17, 15) is 4.79 Å². The van der Waals surface area contributed by atoms with E-state index < -0.39 is 0 Å². The van der Waals surface area contributed by atoms with Crippen LogP contribution in [0.1, 0.15) is 5.56 Å². The third-order valence-electron chi connectivity index (χ3n) is 1.73. The van der Waals surface area contributed by atoms with Crippen LogP contribution in [0.4, 0.5) is 0 Å². The highest BCUT2D eigenvalue weighted by Gasteiger charge is 1.84. The summed E-state index contributed by atoms with van der Waals surface area (Å²) in [5.74, 6) is 0. The quantitative estimate of drug-likeness (QED) is 0.695. The van der Waals surface area contributed by atoms with Crippen molar-refractivity contribution in [1.82, 2.24) is 4.98 Å². The van der Waals surface area contributed by atoms with Crippen LogP contribution in [-0.2, 0) is 11.2 Å². The second kappa shape index (κ2) is 7.44. The SMILES string of the molecule is O=CCc1ccccc1.c1ccncc1. The van der Waals surface area contributed by atoms with Crippen molar-refractivity contribution in [2.75, 3.05) is 0 Å². The van der Waals surface area contributed by atoms with Crippen molar-refractivity contribution in [3.63, 3.8) is 0 Å². The first-order valence-electron chi connectivity index (χ1n) is 4.76. The summed E-state index contributed by atoms with van der Waals surface area (Å²) in [5, 5.41) is 0. The first kappa shape index (κ1) is 11.1. The highest BCUT2D eigenvalue weighted by molar-refractivity contribution is 5.54. The molecule has 0 fully saturated rings. The molecule has 2 aromatic rings. The van der Waals surface area contributed by atoms with Gasteiger partial charge < -0.3 is 4.79 Å². The number of aldehydes is 1. The van der Waals surface area contributed by atoms with Crippen LogP contribution in [-0.4, -0.2) is 11.3 Å². The molecule has 15 heavy (non-hydrogen) atoms. The minimum absolute atomic E-state index is 0.529. The summed E-state index contributed by atoms with van der Waals surface area (Å²) in [6.07, 6.45) is 4.94. The van der Waals surface area contributed by atoms with Gasteiger partial charge in [-0.3, -0.25) is 4.98 Å². The lowest BCUT2D eigenvalue weighted by Gasteiger charge is -1.89. The molecule has 0 radical (unpaired) electrons. The molecule has 2 heteroatoms. The number of pyridine rings is 1. The van der Waals surface area contributed by atoms with E-state index in [-0.39, 0.29) is 0 Å². The number of benzene rings is 1. The Morgan fingerprint density at radius 1 is 0.933 bits per heavy atom. The molecule has 0 bridgehead atoms. The van der Waals surface area contributed by atoms with Gasteiger partial charge in [-0.15, -0.1) is 0 Å². The van der Waals surface area contributed by atoms with Crippen LogP contribution in [0.3, 0.4) is 0 Å². The zero-order valence-corrected chi connectivity index (χ0v) is 8.41. The van der Waals surface area contributed by atoms with Gasteiger partial charge >= 0.3 is 0 Å². The second-order valence-corrected chi connectivity index (χ2v) is 2.88. The topological polar surface area (TPSA) is 30.0 Å². The lowest BCUT2D eigenvalue weighted by atomic mass is 10.2. The van der Waals surface area contributed by atoms with Gasteiger partial charge in [0.25, 0.3) is 0 Å². The third kappa shape index (κ3) is 5.37. The molecule has 0 spiro atoms. The number of nitrogens with zero attached hydrogens (tertiary/aromatic N) is 1. The van der Waals surface area contributed by atoms with Crippen LogP contribution in [0, 0.1) is 0 Å². The van der Waals surface area contributed by atoms with E-state index in [2.05, 4.69) is 4.98 Å². The predicted molar refractivity (Wildman–Crippen MR) is 60.4 cm³/mol. The molecule has 0 N–H and O–H groups in total. The zero-order chi connectivity index (χ0) is 10.8. The van der Waals surface area contributed by atoms with E-state index >= 15 is 0 Å². The predicted octanol–water partition coefficient (Wildman–Crippen LogP) is 2.51. The van der Waals surface area contributed by atoms with Gasteiger partial charge in [0.1, 0.15) is 6.29 Å². The fourth-order valence-electron chi connectivity index (χ4n) is 1.02. The highest BCUT2D eigenvalue weighted by Crippen LogP contribution is 1.96. The molecule has 1 heterocycles. The Hall–Kier alpha value is -1.96. The van der Waals surface area contributed by atoms with Crippen molar-refractivity contribution in [3.8, 4) is 0 Å². The van der Waals surface area contributed by atoms with Crippen LogP contribution in [0.25, 0.3) is 0 Å². The third-order valence-corrected chi connectivity index (χ3v) is 1.73. The molecule has 1 aromatic carbocycles. The van der Waals surface area contributed by atoms with Crippen molar-refractivity contribution in [2.45, 2.75) is 6.42 Å². The molecular formula is C13H13NO. The number of hydrogen-bond acceptors (Lipinski definition) is 2. The Labute approximate surface area is 89.6 Å². The van der Waals surface area contributed by atoms with Crippen LogP contribution < -0.4 is 0 Å². The Balaban J connectivity index is 0.000000162. The first-order chi connectivity index (χ1) is 7.43. The Kier molecular flexibility index (Phi) is 5.52. The number of carbonyl (C=O) groups is 1. The molecule has 0 saturated carbocycles. The van der Waals surface area contributed by atoms with Gasteiger partial charge in [-0.25, -0.2) is 0 Å². The molecule has 0 unspecified atom stereocenters. The Morgan fingerprint density at radius 2 is 1.53 bits per heavy atom. The van der Waals surface area contributed by atoms with Crippen molar-refractivity contribution in [2.24, 2.45) is 0 Å². The maximum Gasteiger partial charge on any atom is 0.124 e. The molecule has 76 valence electrons. The van der Waals surface area contributed by atoms with E-state index in [1.807, 2.05) is 48.5 Å². The molecule has 0 atom stereocenters. The monoisotopic (exact) mass is 199 g/mol. The van der Waals surface area contributed by atoms with Gasteiger partial charge in [0.2, 0.25) is 0 Å². The Morgan fingerprint density at radius 3 is 1.93 bits per heavy atom. The summed E-state index contributed by atoms with van der Waals surface area (Å²) in [7, 11) is 0. The normalized spacial score (nSPS) is 8.53. The average Bonchev–Trinajstić information content (AvgIpc) is 2.34. The lowest BCUT2D eigenvalue weighted by molar-refractivity contribution is -0.107. The molecule has 0 amide bonds. The molecule has 0 aliphatic carbocycles. The molecule has 0 aliphatic heterocycles. The van der Waals surface area contributed by atoms with Crippen molar-refractivity contribution in [3.05, 3.63) is 66.5 Å². The average molecular weight is 199 g/mol. The number of carbonyl (C=O) groups excluding carboxylic acids is 1. The number of aromatic nitrogens is 1. The minimum Gasteiger partial charge on any atom is -0.303 e. The zero-order valence-electron chi connectivity index (χ0n) is 8.41. The van der Waals surface area contributed by atoms with Crippen molar-refractivity contribution >= 4 is 6.29 Å². The van der Waals surface area contributed by atoms with E-state index in [1.165, 1.54) is 0 Å². The first-order valence-corrected chi connectivity index (χ1v) is 4.76. The van der Waals surface area contributed by atoms with E-state index in [0.717, 1.165) is 11.8 Å². The fraction of sp³-hybridized carbons (Fsp3) is 0.0769. The maximum atomic E-state index is 9.97. The Bertz CT molecular complexity index is 332. The van der Waals surface area contributed by atoms with Gasteiger partial charge in [0.15, 0.2) is 0 Å². The number of rotatable bonds is 2. The van der Waals surface area contributed by atoms with Gasteiger partial charge in [0.05, 0.1) is 0 Å². The van der Waals surface area contributed by atoms with Crippen LogP contribution in [0.2, 0.25) is 0 Å². The smallest absolute Gasteiger partial charge is 0.124 e. The minimum atomic E-state index is 0.529. The van der Waals surface area contributed by atoms with Crippen LogP contribution in [0.15, 0.2) is 60.9 Å². The molecule has 2 nitrogen and oxygen atoms in total. The van der Waals surface area contributed by atoms with Gasteiger partial charge in [-0.05, 0) is 17.7 Å². The lowest BCUT2D eigenvalue weighted by Crippen LogP contribution is -1.82. The summed E-state index contributed by atoms with van der Waals surface area (Å²) in [6, 6.07) is 15.4. The highest BCUT2D eigenvalue weighted by atomic mass is 16.1. The van der Waals surface area contributed by atoms with Gasteiger partial charge in [-0.2, -0.15) is 0 Å². The van der Waals surface area contributed by atoms with Gasteiger partial charge in [-0.1, -0.05) is 36.4 Å². The van der Waals surface area contributed by atoms with Crippen LogP contribution in [0.5, 0.6) is 0 Å². The molecule has 0 saturated heterocycles.